The van der Waals surface area contributed by atoms with Crippen LogP contribution in [0.25, 0.3) is 0 Å². The Bertz CT molecular complexity index is 794. The average Bonchev–Trinajstić information content (AvgIpc) is 2.86. The molecule has 4 rings (SSSR count). The Morgan fingerprint density at radius 2 is 2.15 bits per heavy atom. The summed E-state index contributed by atoms with van der Waals surface area (Å²) < 4.78 is 5.71. The number of esters is 1. The normalized spacial score (nSPS) is 40.7. The summed E-state index contributed by atoms with van der Waals surface area (Å²) in [5.41, 5.74) is 0.946. The quantitative estimate of drug-likeness (QED) is 0.601. The molecular weight excluding hydrogens is 328 g/mol. The molecule has 138 valence electrons. The van der Waals surface area contributed by atoms with Crippen LogP contribution in [0.3, 0.4) is 0 Å². The Balaban J connectivity index is 1.75. The van der Waals surface area contributed by atoms with Gasteiger partial charge in [-0.1, -0.05) is 18.9 Å². The van der Waals surface area contributed by atoms with Gasteiger partial charge in [0.15, 0.2) is 5.60 Å². The molecule has 0 bridgehead atoms. The van der Waals surface area contributed by atoms with Gasteiger partial charge in [0.2, 0.25) is 0 Å². The number of aliphatic hydroxyl groups is 1. The van der Waals surface area contributed by atoms with Gasteiger partial charge in [0, 0.05) is 18.3 Å². The number of terminal acetylenes is 1. The van der Waals surface area contributed by atoms with Gasteiger partial charge >= 0.3 is 5.97 Å². The van der Waals surface area contributed by atoms with Crippen LogP contribution in [0.15, 0.2) is 18.2 Å². The summed E-state index contributed by atoms with van der Waals surface area (Å²) in [6, 6.07) is 5.50. The Labute approximate surface area is 154 Å². The Hall–Kier alpha value is -1.99. The minimum absolute atomic E-state index is 0.0586. The lowest BCUT2D eigenvalue weighted by Gasteiger charge is -2.54. The molecule has 3 aliphatic rings. The van der Waals surface area contributed by atoms with Crippen molar-refractivity contribution >= 4 is 5.97 Å². The van der Waals surface area contributed by atoms with Crippen LogP contribution in [-0.2, 0) is 16.0 Å². The highest BCUT2D eigenvalue weighted by atomic mass is 16.6. The van der Waals surface area contributed by atoms with E-state index in [0.717, 1.165) is 30.4 Å². The smallest absolute Gasteiger partial charge is 0.304 e. The molecule has 0 aliphatic heterocycles. The second-order valence-corrected chi connectivity index (χ2v) is 8.51. The number of fused-ring (bicyclic) bond motifs is 5. The third kappa shape index (κ3) is 2.23. The molecule has 3 aliphatic carbocycles. The highest BCUT2D eigenvalue weighted by Crippen LogP contribution is 2.65. The molecule has 0 amide bonds. The highest BCUT2D eigenvalue weighted by molar-refractivity contribution is 5.67. The van der Waals surface area contributed by atoms with Gasteiger partial charge in [-0.25, -0.2) is 0 Å². The van der Waals surface area contributed by atoms with Crippen LogP contribution in [0, 0.1) is 29.6 Å². The molecule has 4 heteroatoms. The van der Waals surface area contributed by atoms with Crippen molar-refractivity contribution in [3.05, 3.63) is 29.3 Å². The summed E-state index contributed by atoms with van der Waals surface area (Å²) in [6.07, 6.45) is 9.28. The summed E-state index contributed by atoms with van der Waals surface area (Å²) in [5.74, 6) is 3.41. The summed E-state index contributed by atoms with van der Waals surface area (Å²) in [6.45, 7) is 3.50. The third-order valence-electron chi connectivity index (χ3n) is 7.36. The monoisotopic (exact) mass is 354 g/mol. The molecule has 2 N–H and O–H groups in total. The first kappa shape index (κ1) is 17.4. The second-order valence-electron chi connectivity index (χ2n) is 8.51. The number of ether oxygens (including phenoxy) is 1. The minimum Gasteiger partial charge on any atom is -0.508 e. The molecule has 0 heterocycles. The number of hydrogen-bond acceptors (Lipinski definition) is 4. The molecule has 1 aromatic carbocycles. The van der Waals surface area contributed by atoms with Gasteiger partial charge < -0.3 is 14.9 Å². The third-order valence-corrected chi connectivity index (χ3v) is 7.36. The number of benzene rings is 1. The van der Waals surface area contributed by atoms with Crippen LogP contribution in [-0.4, -0.2) is 27.9 Å². The second kappa shape index (κ2) is 5.76. The van der Waals surface area contributed by atoms with Crippen molar-refractivity contribution in [2.45, 2.75) is 63.6 Å². The van der Waals surface area contributed by atoms with E-state index in [2.05, 4.69) is 12.8 Å². The zero-order valence-electron chi connectivity index (χ0n) is 15.4. The van der Waals surface area contributed by atoms with E-state index in [1.807, 2.05) is 12.1 Å². The lowest BCUT2D eigenvalue weighted by atomic mass is 9.52. The van der Waals surface area contributed by atoms with Gasteiger partial charge in [-0.2, -0.15) is 0 Å². The number of phenolic OH excluding ortho intramolecular Hbond substituents is 1. The Morgan fingerprint density at radius 1 is 1.38 bits per heavy atom. The van der Waals surface area contributed by atoms with E-state index < -0.39 is 17.1 Å². The van der Waals surface area contributed by atoms with E-state index in [4.69, 9.17) is 11.2 Å². The van der Waals surface area contributed by atoms with Crippen LogP contribution >= 0.6 is 0 Å². The van der Waals surface area contributed by atoms with Crippen LogP contribution < -0.4 is 0 Å². The molecule has 0 saturated heterocycles. The van der Waals surface area contributed by atoms with E-state index in [1.54, 1.807) is 6.07 Å². The largest absolute Gasteiger partial charge is 0.508 e. The molecule has 0 aromatic heterocycles. The summed E-state index contributed by atoms with van der Waals surface area (Å²) in [5, 5.41) is 20.9. The van der Waals surface area contributed by atoms with Crippen molar-refractivity contribution in [1.29, 1.82) is 0 Å². The SMILES string of the molecule is C#C[C@@]1(OC(C)=O)CC[C@@H]2[C@H]3CCc4cc(O)ccc4[C@@H]3[C@@H](O)C[C@@]21C. The van der Waals surface area contributed by atoms with Crippen LogP contribution in [0.2, 0.25) is 0 Å². The van der Waals surface area contributed by atoms with E-state index in [9.17, 15) is 15.0 Å². The van der Waals surface area contributed by atoms with E-state index in [-0.39, 0.29) is 17.6 Å². The fourth-order valence-electron chi connectivity index (χ4n) is 6.32. The first-order valence-electron chi connectivity index (χ1n) is 9.48. The molecule has 0 radical (unpaired) electrons. The van der Waals surface area contributed by atoms with E-state index >= 15 is 0 Å². The van der Waals surface area contributed by atoms with Crippen molar-refractivity contribution < 1.29 is 19.7 Å². The molecule has 6 atom stereocenters. The van der Waals surface area contributed by atoms with Gasteiger partial charge in [-0.3, -0.25) is 4.79 Å². The van der Waals surface area contributed by atoms with Crippen molar-refractivity contribution in [3.63, 3.8) is 0 Å². The number of carbonyl (C=O) groups excluding carboxylic acids is 1. The fourth-order valence-corrected chi connectivity index (χ4v) is 6.32. The van der Waals surface area contributed by atoms with Crippen molar-refractivity contribution in [3.8, 4) is 18.1 Å². The summed E-state index contributed by atoms with van der Waals surface area (Å²) >= 11 is 0. The number of carbonyl (C=O) groups is 1. The number of aryl methyl sites for hydroxylation is 1. The Kier molecular flexibility index (Phi) is 3.86. The molecular formula is C22H26O4. The lowest BCUT2D eigenvalue weighted by molar-refractivity contribution is -0.171. The highest BCUT2D eigenvalue weighted by Gasteiger charge is 2.65. The van der Waals surface area contributed by atoms with Gasteiger partial charge in [0.25, 0.3) is 0 Å². The Morgan fingerprint density at radius 3 is 2.85 bits per heavy atom. The maximum absolute atomic E-state index is 11.7. The van der Waals surface area contributed by atoms with Gasteiger partial charge in [0.1, 0.15) is 5.75 Å². The number of aromatic hydroxyl groups is 1. The number of rotatable bonds is 1. The summed E-state index contributed by atoms with van der Waals surface area (Å²) in [4.78, 5) is 11.7. The zero-order valence-corrected chi connectivity index (χ0v) is 15.4. The van der Waals surface area contributed by atoms with Crippen LogP contribution in [0.5, 0.6) is 5.75 Å². The van der Waals surface area contributed by atoms with E-state index in [1.165, 1.54) is 6.92 Å². The predicted molar refractivity (Wildman–Crippen MR) is 97.4 cm³/mol. The van der Waals surface area contributed by atoms with Crippen molar-refractivity contribution in [2.24, 2.45) is 17.3 Å². The summed E-state index contributed by atoms with van der Waals surface area (Å²) in [7, 11) is 0. The molecule has 1 aromatic rings. The fraction of sp³-hybridized carbons (Fsp3) is 0.591. The van der Waals surface area contributed by atoms with E-state index in [0.29, 0.717) is 24.7 Å². The maximum atomic E-state index is 11.7. The molecule has 2 fully saturated rings. The maximum Gasteiger partial charge on any atom is 0.304 e. The number of phenols is 1. The molecule has 26 heavy (non-hydrogen) atoms. The van der Waals surface area contributed by atoms with Gasteiger partial charge in [-0.05, 0) is 67.2 Å². The average molecular weight is 354 g/mol. The standard InChI is InChI=1S/C22H26O4/c1-4-22(26-13(2)23)10-9-18-17-7-5-14-11-15(24)6-8-16(14)20(17)19(25)12-21(18,22)3/h1,6,8,11,17-20,24-25H,5,7,9-10,12H2,2-3H3/t17-,18-,19+,20+,21+,22-/m1/s1. The molecule has 0 spiro atoms. The topological polar surface area (TPSA) is 66.8 Å². The molecule has 0 unspecified atom stereocenters. The first-order valence-corrected chi connectivity index (χ1v) is 9.48. The predicted octanol–water partition coefficient (Wildman–Crippen LogP) is 3.15. The van der Waals surface area contributed by atoms with Crippen LogP contribution in [0.1, 0.15) is 56.6 Å². The van der Waals surface area contributed by atoms with Gasteiger partial charge in [0.05, 0.1) is 6.10 Å². The lowest BCUT2D eigenvalue weighted by Crippen LogP contribution is -2.55. The minimum atomic E-state index is -0.926. The van der Waals surface area contributed by atoms with Crippen molar-refractivity contribution in [1.82, 2.24) is 0 Å². The number of hydrogen-bond donors (Lipinski definition) is 2. The number of aliphatic hydroxyl groups excluding tert-OH is 1. The molecule has 2 saturated carbocycles. The van der Waals surface area contributed by atoms with Crippen LogP contribution in [0.4, 0.5) is 0 Å². The zero-order chi connectivity index (χ0) is 18.7. The van der Waals surface area contributed by atoms with Gasteiger partial charge in [-0.15, -0.1) is 6.42 Å². The molecule has 4 nitrogen and oxygen atoms in total. The van der Waals surface area contributed by atoms with Crippen molar-refractivity contribution in [2.75, 3.05) is 0 Å². The first-order chi connectivity index (χ1) is 12.3.